The summed E-state index contributed by atoms with van der Waals surface area (Å²) in [6.45, 7) is 4.24. The maximum absolute atomic E-state index is 12.6. The van der Waals surface area contributed by atoms with E-state index in [2.05, 4.69) is 45.3 Å². The van der Waals surface area contributed by atoms with Crippen LogP contribution in [0.5, 0.6) is 11.5 Å². The monoisotopic (exact) mass is 413 g/mol. The Morgan fingerprint density at radius 1 is 1.25 bits per heavy atom. The van der Waals surface area contributed by atoms with Crippen LogP contribution in [0.1, 0.15) is 48.0 Å². The van der Waals surface area contributed by atoms with Crippen LogP contribution in [0.15, 0.2) is 16.6 Å². The highest BCUT2D eigenvalue weighted by molar-refractivity contribution is 9.10. The van der Waals surface area contributed by atoms with Gasteiger partial charge in [0, 0.05) is 5.92 Å². The van der Waals surface area contributed by atoms with Crippen molar-refractivity contribution in [3.05, 3.63) is 27.2 Å². The number of hydrogen-bond acceptors (Lipinski definition) is 6. The molecule has 130 valence electrons. The topological polar surface area (TPSA) is 73.3 Å². The summed E-state index contributed by atoms with van der Waals surface area (Å²) in [6.07, 6.45) is 1.99. The number of anilines is 1. The van der Waals surface area contributed by atoms with Gasteiger partial charge >= 0.3 is 0 Å². The van der Waals surface area contributed by atoms with Crippen LogP contribution in [0.3, 0.4) is 0 Å². The fraction of sp³-hybridized carbons (Fsp3) is 0.438. The van der Waals surface area contributed by atoms with E-state index in [1.165, 1.54) is 18.4 Å². The number of carbonyl (C=O) groups is 1. The predicted octanol–water partition coefficient (Wildman–Crippen LogP) is 4.47. The highest BCUT2D eigenvalue weighted by atomic mass is 79.9. The minimum atomic E-state index is -0.321. The minimum Gasteiger partial charge on any atom is -0.497 e. The van der Waals surface area contributed by atoms with E-state index in [1.54, 1.807) is 19.2 Å². The second-order valence-corrected chi connectivity index (χ2v) is 6.97. The molecular weight excluding hydrogens is 394 g/mol. The molecule has 1 heterocycles. The molecule has 0 spiro atoms. The molecule has 1 N–H and O–H groups in total. The Morgan fingerprint density at radius 3 is 2.54 bits per heavy atom. The number of methoxy groups -OCH3 is 2. The molecule has 0 saturated heterocycles. The van der Waals surface area contributed by atoms with Crippen molar-refractivity contribution in [3.63, 3.8) is 0 Å². The molecular formula is C16H20BrN3O3S. The molecule has 6 nitrogen and oxygen atoms in total. The lowest BCUT2D eigenvalue weighted by atomic mass is 10.1. The van der Waals surface area contributed by atoms with Crippen molar-refractivity contribution in [2.24, 2.45) is 0 Å². The molecule has 0 radical (unpaired) electrons. The van der Waals surface area contributed by atoms with E-state index in [4.69, 9.17) is 9.47 Å². The number of halogens is 1. The summed E-state index contributed by atoms with van der Waals surface area (Å²) < 4.78 is 11.2. The fourth-order valence-electron chi connectivity index (χ4n) is 2.31. The number of aromatic nitrogens is 2. The number of ether oxygens (including phenoxy) is 2. The number of hydrogen-bond donors (Lipinski definition) is 1. The third-order valence-corrected chi connectivity index (χ3v) is 5.29. The van der Waals surface area contributed by atoms with Crippen LogP contribution >= 0.6 is 27.3 Å². The molecule has 0 unspecified atom stereocenters. The maximum atomic E-state index is 12.6. The molecule has 1 aromatic heterocycles. The lowest BCUT2D eigenvalue weighted by molar-refractivity contribution is 0.102. The average molecular weight is 414 g/mol. The lowest BCUT2D eigenvalue weighted by Gasteiger charge is -2.11. The molecule has 0 fully saturated rings. The number of benzene rings is 1. The summed E-state index contributed by atoms with van der Waals surface area (Å²) in [5.74, 6) is 1.05. The molecule has 0 saturated carbocycles. The third kappa shape index (κ3) is 4.05. The van der Waals surface area contributed by atoms with E-state index in [0.29, 0.717) is 32.6 Å². The highest BCUT2D eigenvalue weighted by Gasteiger charge is 2.20. The summed E-state index contributed by atoms with van der Waals surface area (Å²) in [5.41, 5.74) is 0.364. The van der Waals surface area contributed by atoms with Crippen molar-refractivity contribution in [1.29, 1.82) is 0 Å². The van der Waals surface area contributed by atoms with Gasteiger partial charge in [-0.15, -0.1) is 10.2 Å². The van der Waals surface area contributed by atoms with Crippen LogP contribution in [0, 0.1) is 0 Å². The van der Waals surface area contributed by atoms with E-state index < -0.39 is 0 Å². The Labute approximate surface area is 153 Å². The minimum absolute atomic E-state index is 0.321. The largest absolute Gasteiger partial charge is 0.497 e. The van der Waals surface area contributed by atoms with Crippen molar-refractivity contribution in [2.45, 2.75) is 32.6 Å². The van der Waals surface area contributed by atoms with Gasteiger partial charge in [-0.1, -0.05) is 25.2 Å². The Balaban J connectivity index is 2.25. The summed E-state index contributed by atoms with van der Waals surface area (Å²) in [4.78, 5) is 12.6. The summed E-state index contributed by atoms with van der Waals surface area (Å²) in [6, 6.07) is 3.37. The maximum Gasteiger partial charge on any atom is 0.261 e. The van der Waals surface area contributed by atoms with Gasteiger partial charge in [-0.25, -0.2) is 0 Å². The number of amides is 1. The van der Waals surface area contributed by atoms with Crippen LogP contribution in [-0.4, -0.2) is 30.3 Å². The van der Waals surface area contributed by atoms with E-state index in [-0.39, 0.29) is 5.91 Å². The molecule has 0 aliphatic heterocycles. The van der Waals surface area contributed by atoms with Gasteiger partial charge in [-0.3, -0.25) is 10.1 Å². The third-order valence-electron chi connectivity index (χ3n) is 3.70. The van der Waals surface area contributed by atoms with Crippen molar-refractivity contribution >= 4 is 38.3 Å². The van der Waals surface area contributed by atoms with Crippen LogP contribution in [0.4, 0.5) is 5.13 Å². The molecule has 2 aromatic rings. The molecule has 0 atom stereocenters. The second kappa shape index (κ2) is 8.43. The zero-order valence-corrected chi connectivity index (χ0v) is 16.5. The van der Waals surface area contributed by atoms with Crippen LogP contribution in [-0.2, 0) is 0 Å². The van der Waals surface area contributed by atoms with E-state index in [9.17, 15) is 4.79 Å². The molecule has 8 heteroatoms. The highest BCUT2D eigenvalue weighted by Crippen LogP contribution is 2.34. The molecule has 2 rings (SSSR count). The van der Waals surface area contributed by atoms with E-state index in [0.717, 1.165) is 17.8 Å². The summed E-state index contributed by atoms with van der Waals surface area (Å²) >= 11 is 4.79. The van der Waals surface area contributed by atoms with Crippen LogP contribution in [0.25, 0.3) is 0 Å². The van der Waals surface area contributed by atoms with Crippen molar-refractivity contribution in [3.8, 4) is 11.5 Å². The molecule has 1 amide bonds. The molecule has 0 aliphatic carbocycles. The first kappa shape index (κ1) is 18.7. The Morgan fingerprint density at radius 2 is 1.96 bits per heavy atom. The zero-order chi connectivity index (χ0) is 17.7. The molecule has 1 aromatic carbocycles. The standard InChI is InChI=1S/C16H20BrN3O3S/c1-5-9(6-2)15-19-20-16(24-15)18-14(21)11-7-10(22-3)8-12(17)13(11)23-4/h7-9H,5-6H2,1-4H3,(H,18,20,21). The van der Waals surface area contributed by atoms with Crippen molar-refractivity contribution in [2.75, 3.05) is 19.5 Å². The fourth-order valence-corrected chi connectivity index (χ4v) is 3.92. The van der Waals surface area contributed by atoms with Gasteiger partial charge in [0.25, 0.3) is 5.91 Å². The number of carbonyl (C=O) groups excluding carboxylic acids is 1. The zero-order valence-electron chi connectivity index (χ0n) is 14.1. The van der Waals surface area contributed by atoms with E-state index >= 15 is 0 Å². The normalized spacial score (nSPS) is 10.8. The van der Waals surface area contributed by atoms with Gasteiger partial charge in [-0.05, 0) is 40.9 Å². The first-order valence-corrected chi connectivity index (χ1v) is 9.21. The smallest absolute Gasteiger partial charge is 0.261 e. The van der Waals surface area contributed by atoms with Crippen LogP contribution < -0.4 is 14.8 Å². The van der Waals surface area contributed by atoms with Gasteiger partial charge in [0.15, 0.2) is 0 Å². The van der Waals surface area contributed by atoms with Crippen LogP contribution in [0.2, 0.25) is 0 Å². The van der Waals surface area contributed by atoms with E-state index in [1.807, 2.05) is 0 Å². The Kier molecular flexibility index (Phi) is 6.56. The Hall–Kier alpha value is -1.67. The van der Waals surface area contributed by atoms with Gasteiger partial charge in [-0.2, -0.15) is 0 Å². The van der Waals surface area contributed by atoms with Crippen molar-refractivity contribution < 1.29 is 14.3 Å². The van der Waals surface area contributed by atoms with Gasteiger partial charge in [0.2, 0.25) is 5.13 Å². The quantitative estimate of drug-likeness (QED) is 0.724. The molecule has 24 heavy (non-hydrogen) atoms. The number of rotatable bonds is 7. The van der Waals surface area contributed by atoms with Gasteiger partial charge in [0.1, 0.15) is 16.5 Å². The number of nitrogens with one attached hydrogen (secondary N) is 1. The van der Waals surface area contributed by atoms with Gasteiger partial charge < -0.3 is 9.47 Å². The lowest BCUT2D eigenvalue weighted by Crippen LogP contribution is -2.13. The summed E-state index contributed by atoms with van der Waals surface area (Å²) in [7, 11) is 3.06. The predicted molar refractivity (Wildman–Crippen MR) is 98.4 cm³/mol. The molecule has 0 aliphatic rings. The first-order chi connectivity index (χ1) is 11.5. The van der Waals surface area contributed by atoms with Gasteiger partial charge in [0.05, 0.1) is 24.3 Å². The molecule has 0 bridgehead atoms. The average Bonchev–Trinajstić information content (AvgIpc) is 3.03. The Bertz CT molecular complexity index is 717. The second-order valence-electron chi connectivity index (χ2n) is 5.10. The first-order valence-electron chi connectivity index (χ1n) is 7.60. The number of nitrogens with zero attached hydrogens (tertiary/aromatic N) is 2. The summed E-state index contributed by atoms with van der Waals surface area (Å²) in [5, 5.41) is 12.5. The van der Waals surface area contributed by atoms with Crippen molar-refractivity contribution in [1.82, 2.24) is 10.2 Å². The SMILES string of the molecule is CCC(CC)c1nnc(NC(=O)c2cc(OC)cc(Br)c2OC)s1.